The second-order valence-corrected chi connectivity index (χ2v) is 5.75. The molecule has 0 unspecified atom stereocenters. The van der Waals surface area contributed by atoms with E-state index in [9.17, 15) is 4.79 Å². The fourth-order valence-electron chi connectivity index (χ4n) is 2.08. The second kappa shape index (κ2) is 7.87. The van der Waals surface area contributed by atoms with Crippen molar-refractivity contribution in [3.63, 3.8) is 0 Å². The predicted octanol–water partition coefficient (Wildman–Crippen LogP) is 3.18. The third-order valence-electron chi connectivity index (χ3n) is 3.39. The van der Waals surface area contributed by atoms with Crippen LogP contribution in [0.3, 0.4) is 0 Å². The summed E-state index contributed by atoms with van der Waals surface area (Å²) in [6.07, 6.45) is 1.00. The third-order valence-corrected chi connectivity index (χ3v) is 3.39. The highest BCUT2D eigenvalue weighted by Crippen LogP contribution is 2.17. The molecule has 2 N–H and O–H groups in total. The van der Waals surface area contributed by atoms with Crippen molar-refractivity contribution in [2.45, 2.75) is 40.2 Å². The molecule has 6 nitrogen and oxygen atoms in total. The number of nitrogens with one attached hydrogen (secondary N) is 2. The minimum absolute atomic E-state index is 0.217. The van der Waals surface area contributed by atoms with Gasteiger partial charge in [-0.15, -0.1) is 0 Å². The van der Waals surface area contributed by atoms with Crippen LogP contribution in [0.1, 0.15) is 31.7 Å². The van der Waals surface area contributed by atoms with Gasteiger partial charge in [0.25, 0.3) is 0 Å². The van der Waals surface area contributed by atoms with Gasteiger partial charge in [0.1, 0.15) is 0 Å². The lowest BCUT2D eigenvalue weighted by Gasteiger charge is -2.10. The molecule has 0 fully saturated rings. The van der Waals surface area contributed by atoms with E-state index in [1.54, 1.807) is 0 Å². The number of anilines is 1. The number of rotatable bonds is 6. The van der Waals surface area contributed by atoms with Gasteiger partial charge in [-0.2, -0.15) is 0 Å². The number of aromatic nitrogens is 2. The van der Waals surface area contributed by atoms with Crippen LogP contribution in [0.15, 0.2) is 18.2 Å². The molecule has 0 saturated heterocycles. The molecular weight excluding hydrogens is 292 g/mol. The predicted molar refractivity (Wildman–Crippen MR) is 91.7 cm³/mol. The van der Waals surface area contributed by atoms with Gasteiger partial charge in [-0.05, 0) is 52.3 Å². The fraction of sp³-hybridized carbons (Fsp3) is 0.471. The van der Waals surface area contributed by atoms with Crippen molar-refractivity contribution in [3.8, 4) is 0 Å². The highest BCUT2D eigenvalue weighted by atomic mass is 16.5. The highest BCUT2D eigenvalue weighted by molar-refractivity contribution is 5.91. The zero-order valence-electron chi connectivity index (χ0n) is 14.1. The number of urea groups is 1. The number of nitrogens with zero attached hydrogens (tertiary/aromatic N) is 2. The molecule has 1 aromatic heterocycles. The Labute approximate surface area is 136 Å². The fourth-order valence-corrected chi connectivity index (χ4v) is 2.08. The largest absolute Gasteiger partial charge is 0.379 e. The first-order valence-electron chi connectivity index (χ1n) is 7.87. The highest BCUT2D eigenvalue weighted by Gasteiger charge is 2.05. The first-order valence-corrected chi connectivity index (χ1v) is 7.87. The van der Waals surface area contributed by atoms with E-state index in [1.807, 2.05) is 45.9 Å². The molecule has 0 aliphatic heterocycles. The topological polar surface area (TPSA) is 76.1 Å². The first-order chi connectivity index (χ1) is 11.0. The van der Waals surface area contributed by atoms with E-state index < -0.39 is 0 Å². The zero-order chi connectivity index (χ0) is 16.8. The van der Waals surface area contributed by atoms with E-state index in [4.69, 9.17) is 4.74 Å². The minimum Gasteiger partial charge on any atom is -0.379 e. The standard InChI is InChI=1S/C17H24N4O2/c1-11(2)23-9-5-8-18-17(22)21-14-6-7-15-16(10-14)20-13(4)12(3)19-15/h6-7,10-11H,5,8-9H2,1-4H3,(H2,18,21,22). The summed E-state index contributed by atoms with van der Waals surface area (Å²) < 4.78 is 5.42. The van der Waals surface area contributed by atoms with Gasteiger partial charge in [0, 0.05) is 18.8 Å². The van der Waals surface area contributed by atoms with Gasteiger partial charge in [-0.1, -0.05) is 0 Å². The SMILES string of the molecule is Cc1nc2ccc(NC(=O)NCCCOC(C)C)cc2nc1C. The van der Waals surface area contributed by atoms with E-state index in [0.717, 1.165) is 28.8 Å². The monoisotopic (exact) mass is 316 g/mol. The van der Waals surface area contributed by atoms with Crippen LogP contribution in [0.4, 0.5) is 10.5 Å². The number of fused-ring (bicyclic) bond motifs is 1. The van der Waals surface area contributed by atoms with Gasteiger partial charge in [-0.25, -0.2) is 14.8 Å². The molecule has 0 aliphatic carbocycles. The number of aryl methyl sites for hydroxylation is 2. The number of carbonyl (C=O) groups is 1. The zero-order valence-corrected chi connectivity index (χ0v) is 14.1. The summed E-state index contributed by atoms with van der Waals surface area (Å²) in [4.78, 5) is 20.8. The van der Waals surface area contributed by atoms with Gasteiger partial charge >= 0.3 is 6.03 Å². The lowest BCUT2D eigenvalue weighted by molar-refractivity contribution is 0.0775. The Bertz CT molecular complexity index is 686. The molecule has 124 valence electrons. The molecule has 0 radical (unpaired) electrons. The van der Waals surface area contributed by atoms with Crippen molar-refractivity contribution >= 4 is 22.8 Å². The Kier molecular flexibility index (Phi) is 5.87. The molecule has 0 aliphatic rings. The smallest absolute Gasteiger partial charge is 0.319 e. The van der Waals surface area contributed by atoms with Crippen molar-refractivity contribution in [1.29, 1.82) is 0 Å². The lowest BCUT2D eigenvalue weighted by atomic mass is 10.2. The Balaban J connectivity index is 1.88. The average Bonchev–Trinajstić information content (AvgIpc) is 2.48. The van der Waals surface area contributed by atoms with Gasteiger partial charge < -0.3 is 15.4 Å². The molecule has 0 bridgehead atoms. The van der Waals surface area contributed by atoms with Crippen LogP contribution in [0.25, 0.3) is 11.0 Å². The first kappa shape index (κ1) is 17.1. The average molecular weight is 316 g/mol. The lowest BCUT2D eigenvalue weighted by Crippen LogP contribution is -2.30. The third kappa shape index (κ3) is 5.17. The van der Waals surface area contributed by atoms with Crippen molar-refractivity contribution in [2.24, 2.45) is 0 Å². The summed E-state index contributed by atoms with van der Waals surface area (Å²) in [5.41, 5.74) is 4.11. The molecule has 0 spiro atoms. The molecule has 1 heterocycles. The van der Waals surface area contributed by atoms with Crippen molar-refractivity contribution < 1.29 is 9.53 Å². The van der Waals surface area contributed by atoms with Gasteiger partial charge in [0.15, 0.2) is 0 Å². The molecule has 1 aromatic carbocycles. The van der Waals surface area contributed by atoms with E-state index in [0.29, 0.717) is 18.8 Å². The van der Waals surface area contributed by atoms with Crippen LogP contribution in [0.2, 0.25) is 0 Å². The maximum absolute atomic E-state index is 11.9. The normalized spacial score (nSPS) is 11.0. The van der Waals surface area contributed by atoms with Gasteiger partial charge in [-0.3, -0.25) is 0 Å². The van der Waals surface area contributed by atoms with Gasteiger partial charge in [0.2, 0.25) is 0 Å². The molecule has 2 rings (SSSR count). The van der Waals surface area contributed by atoms with E-state index in [1.165, 1.54) is 0 Å². The van der Waals surface area contributed by atoms with Crippen molar-refractivity contribution in [2.75, 3.05) is 18.5 Å². The van der Waals surface area contributed by atoms with E-state index in [2.05, 4.69) is 20.6 Å². The second-order valence-electron chi connectivity index (χ2n) is 5.75. The molecule has 0 atom stereocenters. The van der Waals surface area contributed by atoms with E-state index in [-0.39, 0.29) is 12.1 Å². The Morgan fingerprint density at radius 2 is 1.87 bits per heavy atom. The van der Waals surface area contributed by atoms with Crippen LogP contribution in [0.5, 0.6) is 0 Å². The van der Waals surface area contributed by atoms with Crippen molar-refractivity contribution in [3.05, 3.63) is 29.6 Å². The molecule has 6 heteroatoms. The minimum atomic E-state index is -0.231. The number of benzene rings is 1. The Hall–Kier alpha value is -2.21. The summed E-state index contributed by atoms with van der Waals surface area (Å²) in [5, 5.41) is 5.62. The Morgan fingerprint density at radius 3 is 2.57 bits per heavy atom. The number of hydrogen-bond donors (Lipinski definition) is 2. The van der Waals surface area contributed by atoms with E-state index >= 15 is 0 Å². The number of ether oxygens (including phenoxy) is 1. The molecule has 0 saturated carbocycles. The Morgan fingerprint density at radius 1 is 1.17 bits per heavy atom. The van der Waals surface area contributed by atoms with Crippen LogP contribution >= 0.6 is 0 Å². The van der Waals surface area contributed by atoms with Crippen LogP contribution < -0.4 is 10.6 Å². The quantitative estimate of drug-likeness (QED) is 0.803. The number of hydrogen-bond acceptors (Lipinski definition) is 4. The number of amides is 2. The van der Waals surface area contributed by atoms with Crippen LogP contribution in [-0.2, 0) is 4.74 Å². The summed E-state index contributed by atoms with van der Waals surface area (Å²) in [7, 11) is 0. The molecule has 2 amide bonds. The van der Waals surface area contributed by atoms with Crippen molar-refractivity contribution in [1.82, 2.24) is 15.3 Å². The van der Waals surface area contributed by atoms with Gasteiger partial charge in [0.05, 0.1) is 28.5 Å². The molecular formula is C17H24N4O2. The maximum atomic E-state index is 11.9. The summed E-state index contributed by atoms with van der Waals surface area (Å²) in [6, 6.07) is 5.29. The maximum Gasteiger partial charge on any atom is 0.319 e. The van der Waals surface area contributed by atoms with Crippen LogP contribution in [-0.4, -0.2) is 35.3 Å². The summed E-state index contributed by atoms with van der Waals surface area (Å²) in [5.74, 6) is 0. The number of carbonyl (C=O) groups excluding carboxylic acids is 1. The molecule has 2 aromatic rings. The van der Waals surface area contributed by atoms with Crippen LogP contribution in [0, 0.1) is 13.8 Å². The summed E-state index contributed by atoms with van der Waals surface area (Å²) in [6.45, 7) is 9.06. The summed E-state index contributed by atoms with van der Waals surface area (Å²) >= 11 is 0. The molecule has 23 heavy (non-hydrogen) atoms.